The monoisotopic (exact) mass is 300 g/mol. The lowest BCUT2D eigenvalue weighted by Crippen LogP contribution is -1.87. The van der Waals surface area contributed by atoms with Crippen LogP contribution in [0.4, 0.5) is 0 Å². The molecular formula is C21H16O2. The van der Waals surface area contributed by atoms with Crippen LogP contribution >= 0.6 is 0 Å². The average molecular weight is 300 g/mol. The smallest absolute Gasteiger partial charge is 0.124 e. The Hall–Kier alpha value is -3.00. The lowest BCUT2D eigenvalue weighted by atomic mass is 9.93. The number of phenols is 1. The van der Waals surface area contributed by atoms with Gasteiger partial charge in [-0.3, -0.25) is 0 Å². The molecule has 1 N–H and O–H groups in total. The summed E-state index contributed by atoms with van der Waals surface area (Å²) in [5.74, 6) is 1.06. The molecular weight excluding hydrogens is 284 g/mol. The third-order valence-electron chi connectivity index (χ3n) is 4.27. The highest BCUT2D eigenvalue weighted by Gasteiger charge is 2.13. The summed E-state index contributed by atoms with van der Waals surface area (Å²) in [5, 5.41) is 14.9. The fourth-order valence-corrected chi connectivity index (χ4v) is 3.14. The zero-order valence-corrected chi connectivity index (χ0v) is 12.8. The maximum atomic E-state index is 10.5. The van der Waals surface area contributed by atoms with Crippen LogP contribution < -0.4 is 4.74 Å². The third kappa shape index (κ3) is 2.20. The van der Waals surface area contributed by atoms with Crippen LogP contribution in [0.5, 0.6) is 11.5 Å². The van der Waals surface area contributed by atoms with Crippen molar-refractivity contribution in [1.82, 2.24) is 0 Å². The molecule has 0 bridgehead atoms. The maximum Gasteiger partial charge on any atom is 0.124 e. The molecule has 0 saturated heterocycles. The Bertz CT molecular complexity index is 1010. The van der Waals surface area contributed by atoms with Gasteiger partial charge in [-0.1, -0.05) is 54.6 Å². The van der Waals surface area contributed by atoms with Gasteiger partial charge in [-0.2, -0.15) is 0 Å². The van der Waals surface area contributed by atoms with Gasteiger partial charge >= 0.3 is 0 Å². The van der Waals surface area contributed by atoms with Gasteiger partial charge in [-0.25, -0.2) is 0 Å². The molecule has 0 fully saturated rings. The van der Waals surface area contributed by atoms with E-state index >= 15 is 0 Å². The van der Waals surface area contributed by atoms with Gasteiger partial charge in [0.2, 0.25) is 0 Å². The second-order valence-corrected chi connectivity index (χ2v) is 5.57. The van der Waals surface area contributed by atoms with Gasteiger partial charge in [0.1, 0.15) is 11.5 Å². The van der Waals surface area contributed by atoms with Crippen molar-refractivity contribution in [3.05, 3.63) is 72.8 Å². The number of benzene rings is 4. The van der Waals surface area contributed by atoms with Gasteiger partial charge in [0.15, 0.2) is 0 Å². The zero-order chi connectivity index (χ0) is 15.8. The van der Waals surface area contributed by atoms with E-state index in [4.69, 9.17) is 4.74 Å². The largest absolute Gasteiger partial charge is 0.507 e. The summed E-state index contributed by atoms with van der Waals surface area (Å²) in [5.41, 5.74) is 1.87. The first kappa shape index (κ1) is 13.6. The molecule has 0 amide bonds. The molecule has 2 nitrogen and oxygen atoms in total. The predicted octanol–water partition coefficient (Wildman–Crippen LogP) is 5.37. The Labute approximate surface area is 134 Å². The van der Waals surface area contributed by atoms with E-state index in [1.807, 2.05) is 42.5 Å². The average Bonchev–Trinajstić information content (AvgIpc) is 2.61. The first-order chi connectivity index (χ1) is 11.3. The second-order valence-electron chi connectivity index (χ2n) is 5.57. The van der Waals surface area contributed by atoms with Crippen molar-refractivity contribution < 1.29 is 9.84 Å². The molecule has 0 heterocycles. The quantitative estimate of drug-likeness (QED) is 0.539. The van der Waals surface area contributed by atoms with Crippen LogP contribution in [-0.2, 0) is 0 Å². The molecule has 0 aromatic heterocycles. The highest BCUT2D eigenvalue weighted by molar-refractivity contribution is 6.07. The molecule has 2 heteroatoms. The number of rotatable bonds is 2. The molecule has 0 radical (unpaired) electrons. The van der Waals surface area contributed by atoms with Crippen molar-refractivity contribution in [2.24, 2.45) is 0 Å². The molecule has 23 heavy (non-hydrogen) atoms. The van der Waals surface area contributed by atoms with Gasteiger partial charge in [0.05, 0.1) is 7.11 Å². The summed E-state index contributed by atoms with van der Waals surface area (Å²) in [6, 6.07) is 24.0. The molecule has 4 aromatic carbocycles. The van der Waals surface area contributed by atoms with Crippen LogP contribution in [0.2, 0.25) is 0 Å². The van der Waals surface area contributed by atoms with Gasteiger partial charge in [-0.05, 0) is 45.3 Å². The predicted molar refractivity (Wildman–Crippen MR) is 95.1 cm³/mol. The van der Waals surface area contributed by atoms with Crippen LogP contribution in [0.3, 0.4) is 0 Å². The Morgan fingerprint density at radius 2 is 1.48 bits per heavy atom. The lowest BCUT2D eigenvalue weighted by Gasteiger charge is -2.13. The lowest BCUT2D eigenvalue weighted by molar-refractivity contribution is 0.415. The van der Waals surface area contributed by atoms with Crippen LogP contribution in [-0.4, -0.2) is 12.2 Å². The molecule has 0 aliphatic heterocycles. The first-order valence-corrected chi connectivity index (χ1v) is 7.56. The molecule has 0 aliphatic rings. The van der Waals surface area contributed by atoms with E-state index in [2.05, 4.69) is 24.3 Å². The van der Waals surface area contributed by atoms with Crippen LogP contribution in [0.15, 0.2) is 72.8 Å². The SMILES string of the molecule is COc1ccc2ccc(O)c(-c3cccc4ccccc34)c2c1. The number of hydrogen-bond acceptors (Lipinski definition) is 2. The summed E-state index contributed by atoms with van der Waals surface area (Å²) in [4.78, 5) is 0. The fourth-order valence-electron chi connectivity index (χ4n) is 3.14. The minimum Gasteiger partial charge on any atom is -0.507 e. The van der Waals surface area contributed by atoms with E-state index in [1.54, 1.807) is 13.2 Å². The summed E-state index contributed by atoms with van der Waals surface area (Å²) in [6.07, 6.45) is 0. The van der Waals surface area contributed by atoms with E-state index in [0.717, 1.165) is 38.4 Å². The van der Waals surface area contributed by atoms with Gasteiger partial charge in [-0.15, -0.1) is 0 Å². The summed E-state index contributed by atoms with van der Waals surface area (Å²) in [6.45, 7) is 0. The van der Waals surface area contributed by atoms with Crippen molar-refractivity contribution in [3.8, 4) is 22.6 Å². The number of aromatic hydroxyl groups is 1. The Balaban J connectivity index is 2.13. The minimum atomic E-state index is 0.280. The molecule has 4 rings (SSSR count). The number of fused-ring (bicyclic) bond motifs is 2. The molecule has 4 aromatic rings. The number of phenolic OH excluding ortho intramolecular Hbond substituents is 1. The van der Waals surface area contributed by atoms with Crippen molar-refractivity contribution in [2.45, 2.75) is 0 Å². The van der Waals surface area contributed by atoms with E-state index in [9.17, 15) is 5.11 Å². The standard InChI is InChI=1S/C21H16O2/c1-23-16-11-9-15-10-12-20(22)21(19(15)13-16)18-8-4-6-14-5-2-3-7-17(14)18/h2-13,22H,1H3. The van der Waals surface area contributed by atoms with Crippen LogP contribution in [0, 0.1) is 0 Å². The van der Waals surface area contributed by atoms with Crippen LogP contribution in [0.25, 0.3) is 32.7 Å². The van der Waals surface area contributed by atoms with E-state index in [-0.39, 0.29) is 5.75 Å². The van der Waals surface area contributed by atoms with Crippen molar-refractivity contribution in [3.63, 3.8) is 0 Å². The van der Waals surface area contributed by atoms with Crippen molar-refractivity contribution in [1.29, 1.82) is 0 Å². The van der Waals surface area contributed by atoms with Crippen molar-refractivity contribution in [2.75, 3.05) is 7.11 Å². The van der Waals surface area contributed by atoms with Gasteiger partial charge < -0.3 is 9.84 Å². The number of methoxy groups -OCH3 is 1. The summed E-state index contributed by atoms with van der Waals surface area (Å²) < 4.78 is 5.36. The fraction of sp³-hybridized carbons (Fsp3) is 0.0476. The number of hydrogen-bond donors (Lipinski definition) is 1. The van der Waals surface area contributed by atoms with E-state index in [1.165, 1.54) is 0 Å². The Kier molecular flexibility index (Phi) is 3.16. The molecule has 0 aliphatic carbocycles. The highest BCUT2D eigenvalue weighted by Crippen LogP contribution is 2.40. The van der Waals surface area contributed by atoms with Gasteiger partial charge in [0, 0.05) is 5.56 Å². The summed E-state index contributed by atoms with van der Waals surface area (Å²) >= 11 is 0. The zero-order valence-electron chi connectivity index (χ0n) is 12.8. The molecule has 0 spiro atoms. The highest BCUT2D eigenvalue weighted by atomic mass is 16.5. The van der Waals surface area contributed by atoms with E-state index in [0.29, 0.717) is 0 Å². The van der Waals surface area contributed by atoms with Crippen molar-refractivity contribution >= 4 is 21.5 Å². The topological polar surface area (TPSA) is 29.5 Å². The molecule has 0 saturated carbocycles. The molecule has 0 atom stereocenters. The Morgan fingerprint density at radius 1 is 0.739 bits per heavy atom. The minimum absolute atomic E-state index is 0.280. The normalized spacial score (nSPS) is 11.0. The second kappa shape index (κ2) is 5.33. The van der Waals surface area contributed by atoms with Crippen LogP contribution in [0.1, 0.15) is 0 Å². The van der Waals surface area contributed by atoms with E-state index < -0.39 is 0 Å². The third-order valence-corrected chi connectivity index (χ3v) is 4.27. The summed E-state index contributed by atoms with van der Waals surface area (Å²) in [7, 11) is 1.65. The van der Waals surface area contributed by atoms with Gasteiger partial charge in [0.25, 0.3) is 0 Å². The maximum absolute atomic E-state index is 10.5. The number of ether oxygens (including phenoxy) is 1. The molecule has 0 unspecified atom stereocenters. The first-order valence-electron chi connectivity index (χ1n) is 7.56. The molecule has 112 valence electrons. The Morgan fingerprint density at radius 3 is 2.35 bits per heavy atom.